The molecule has 0 spiro atoms. The third-order valence-corrected chi connectivity index (χ3v) is 2.89. The van der Waals surface area contributed by atoms with Gasteiger partial charge < -0.3 is 15.4 Å². The van der Waals surface area contributed by atoms with E-state index < -0.39 is 0 Å². The van der Waals surface area contributed by atoms with Gasteiger partial charge in [-0.25, -0.2) is 0 Å². The summed E-state index contributed by atoms with van der Waals surface area (Å²) in [6.07, 6.45) is 2.38. The van der Waals surface area contributed by atoms with Crippen LogP contribution < -0.4 is 15.4 Å². The molecule has 0 atom stereocenters. The smallest absolute Gasteiger partial charge is 0.238 e. The summed E-state index contributed by atoms with van der Waals surface area (Å²) >= 11 is 0. The lowest BCUT2D eigenvalue weighted by Gasteiger charge is -2.10. The maximum absolute atomic E-state index is 11.7. The van der Waals surface area contributed by atoms with Gasteiger partial charge in [-0.3, -0.25) is 4.79 Å². The number of aryl methyl sites for hydroxylation is 1. The molecule has 1 aromatic rings. The molecule has 0 aromatic heterocycles. The predicted octanol–water partition coefficient (Wildman–Crippen LogP) is 2.08. The van der Waals surface area contributed by atoms with Gasteiger partial charge in [0, 0.05) is 11.7 Å². The maximum atomic E-state index is 11.7. The molecule has 4 nitrogen and oxygen atoms in total. The number of hydrogen-bond donors (Lipinski definition) is 2. The molecule has 0 saturated heterocycles. The van der Waals surface area contributed by atoms with E-state index in [1.54, 1.807) is 0 Å². The van der Waals surface area contributed by atoms with Gasteiger partial charge in [0.2, 0.25) is 5.91 Å². The van der Waals surface area contributed by atoms with Gasteiger partial charge >= 0.3 is 0 Å². The van der Waals surface area contributed by atoms with E-state index >= 15 is 0 Å². The number of rotatable bonds is 6. The molecule has 1 aromatic carbocycles. The molecule has 0 aliphatic heterocycles. The van der Waals surface area contributed by atoms with Crippen LogP contribution in [0.2, 0.25) is 0 Å². The second kappa shape index (κ2) is 5.87. The highest BCUT2D eigenvalue weighted by molar-refractivity contribution is 5.92. The number of nitrogens with one attached hydrogen (secondary N) is 2. The molecule has 1 amide bonds. The molecular formula is C14H20N2O2. The van der Waals surface area contributed by atoms with Crippen LogP contribution in [0.3, 0.4) is 0 Å². The van der Waals surface area contributed by atoms with E-state index in [2.05, 4.69) is 10.6 Å². The molecule has 1 fully saturated rings. The van der Waals surface area contributed by atoms with Crippen LogP contribution >= 0.6 is 0 Å². The first-order valence-corrected chi connectivity index (χ1v) is 6.45. The van der Waals surface area contributed by atoms with Gasteiger partial charge in [0.1, 0.15) is 5.75 Å². The van der Waals surface area contributed by atoms with Crippen LogP contribution in [-0.2, 0) is 4.79 Å². The molecule has 0 radical (unpaired) electrons. The summed E-state index contributed by atoms with van der Waals surface area (Å²) in [5.74, 6) is 0.872. The summed E-state index contributed by atoms with van der Waals surface area (Å²) in [7, 11) is 0. The summed E-state index contributed by atoms with van der Waals surface area (Å²) in [5, 5.41) is 6.06. The fourth-order valence-electron chi connectivity index (χ4n) is 1.77. The first kappa shape index (κ1) is 12.9. The topological polar surface area (TPSA) is 50.4 Å². The highest BCUT2D eigenvalue weighted by atomic mass is 16.5. The van der Waals surface area contributed by atoms with Gasteiger partial charge in [-0.2, -0.15) is 0 Å². The van der Waals surface area contributed by atoms with Crippen molar-refractivity contribution in [1.29, 1.82) is 0 Å². The van der Waals surface area contributed by atoms with Gasteiger partial charge in [-0.1, -0.05) is 0 Å². The Morgan fingerprint density at radius 2 is 2.22 bits per heavy atom. The molecule has 0 unspecified atom stereocenters. The van der Waals surface area contributed by atoms with Crippen LogP contribution in [0.1, 0.15) is 25.3 Å². The molecule has 1 aliphatic carbocycles. The van der Waals surface area contributed by atoms with Crippen molar-refractivity contribution in [2.75, 3.05) is 18.5 Å². The number of anilines is 1. The number of ether oxygens (including phenoxy) is 1. The van der Waals surface area contributed by atoms with Crippen molar-refractivity contribution in [2.45, 2.75) is 32.7 Å². The van der Waals surface area contributed by atoms with Crippen molar-refractivity contribution in [3.63, 3.8) is 0 Å². The lowest BCUT2D eigenvalue weighted by atomic mass is 10.2. The highest BCUT2D eigenvalue weighted by Crippen LogP contribution is 2.22. The summed E-state index contributed by atoms with van der Waals surface area (Å²) < 4.78 is 5.46. The maximum Gasteiger partial charge on any atom is 0.238 e. The van der Waals surface area contributed by atoms with Crippen molar-refractivity contribution < 1.29 is 9.53 Å². The molecule has 98 valence electrons. The number of carbonyl (C=O) groups is 1. The first-order chi connectivity index (χ1) is 8.69. The van der Waals surface area contributed by atoms with Crippen molar-refractivity contribution in [2.24, 2.45) is 0 Å². The number of carbonyl (C=O) groups excluding carboxylic acids is 1. The van der Waals surface area contributed by atoms with E-state index in [4.69, 9.17) is 4.74 Å². The highest BCUT2D eigenvalue weighted by Gasteiger charge is 2.21. The molecule has 2 N–H and O–H groups in total. The standard InChI is InChI=1S/C14H20N2O2/c1-3-18-13-7-6-12(8-10(13)2)16-14(17)9-15-11-4-5-11/h6-8,11,15H,3-5,9H2,1-2H3,(H,16,17). The SMILES string of the molecule is CCOc1ccc(NC(=O)CNC2CC2)cc1C. The summed E-state index contributed by atoms with van der Waals surface area (Å²) in [6, 6.07) is 6.24. The number of hydrogen-bond acceptors (Lipinski definition) is 3. The fraction of sp³-hybridized carbons (Fsp3) is 0.500. The van der Waals surface area contributed by atoms with E-state index in [1.807, 2.05) is 32.0 Å². The zero-order valence-corrected chi connectivity index (χ0v) is 11.0. The van der Waals surface area contributed by atoms with Gasteiger partial charge in [-0.15, -0.1) is 0 Å². The summed E-state index contributed by atoms with van der Waals surface area (Å²) in [6.45, 7) is 4.97. The van der Waals surface area contributed by atoms with Crippen LogP contribution in [0.4, 0.5) is 5.69 Å². The lowest BCUT2D eigenvalue weighted by Crippen LogP contribution is -2.29. The van der Waals surface area contributed by atoms with Gasteiger partial charge in [-0.05, 0) is 50.5 Å². The Morgan fingerprint density at radius 3 is 2.83 bits per heavy atom. The molecule has 1 aliphatic rings. The Balaban J connectivity index is 1.87. The van der Waals surface area contributed by atoms with E-state index in [0.717, 1.165) is 17.0 Å². The van der Waals surface area contributed by atoms with Crippen molar-refractivity contribution in [3.8, 4) is 5.75 Å². The van der Waals surface area contributed by atoms with Crippen molar-refractivity contribution in [3.05, 3.63) is 23.8 Å². The predicted molar refractivity (Wildman–Crippen MR) is 72.0 cm³/mol. The Labute approximate surface area is 108 Å². The van der Waals surface area contributed by atoms with E-state index in [0.29, 0.717) is 19.2 Å². The van der Waals surface area contributed by atoms with Crippen LogP contribution in [-0.4, -0.2) is 25.1 Å². The normalized spacial score (nSPS) is 14.3. The monoisotopic (exact) mass is 248 g/mol. The quantitative estimate of drug-likeness (QED) is 0.810. The van der Waals surface area contributed by atoms with Crippen LogP contribution in [0.25, 0.3) is 0 Å². The Morgan fingerprint density at radius 1 is 1.44 bits per heavy atom. The third kappa shape index (κ3) is 3.74. The molecular weight excluding hydrogens is 228 g/mol. The summed E-state index contributed by atoms with van der Waals surface area (Å²) in [5.41, 5.74) is 1.85. The van der Waals surface area contributed by atoms with Crippen LogP contribution in [0.15, 0.2) is 18.2 Å². The summed E-state index contributed by atoms with van der Waals surface area (Å²) in [4.78, 5) is 11.7. The Bertz CT molecular complexity index is 428. The van der Waals surface area contributed by atoms with Gasteiger partial charge in [0.25, 0.3) is 0 Å². The van der Waals surface area contributed by atoms with E-state index in [9.17, 15) is 4.79 Å². The zero-order valence-electron chi connectivity index (χ0n) is 11.0. The minimum Gasteiger partial charge on any atom is -0.494 e. The van der Waals surface area contributed by atoms with Crippen LogP contribution in [0.5, 0.6) is 5.75 Å². The molecule has 0 heterocycles. The second-order valence-electron chi connectivity index (χ2n) is 4.62. The molecule has 0 bridgehead atoms. The Kier molecular flexibility index (Phi) is 4.20. The first-order valence-electron chi connectivity index (χ1n) is 6.45. The van der Waals surface area contributed by atoms with Gasteiger partial charge in [0.15, 0.2) is 0 Å². The average molecular weight is 248 g/mol. The Hall–Kier alpha value is -1.55. The second-order valence-corrected chi connectivity index (χ2v) is 4.62. The number of amides is 1. The number of benzene rings is 1. The fourth-order valence-corrected chi connectivity index (χ4v) is 1.77. The lowest BCUT2D eigenvalue weighted by molar-refractivity contribution is -0.115. The minimum absolute atomic E-state index is 0.00506. The van der Waals surface area contributed by atoms with Crippen molar-refractivity contribution in [1.82, 2.24) is 5.32 Å². The minimum atomic E-state index is 0.00506. The van der Waals surface area contributed by atoms with Gasteiger partial charge in [0.05, 0.1) is 13.2 Å². The third-order valence-electron chi connectivity index (χ3n) is 2.89. The molecule has 1 saturated carbocycles. The zero-order chi connectivity index (χ0) is 13.0. The van der Waals surface area contributed by atoms with E-state index in [-0.39, 0.29) is 5.91 Å². The molecule has 4 heteroatoms. The van der Waals surface area contributed by atoms with E-state index in [1.165, 1.54) is 12.8 Å². The average Bonchev–Trinajstić information content (AvgIpc) is 3.14. The molecule has 18 heavy (non-hydrogen) atoms. The molecule has 2 rings (SSSR count). The largest absolute Gasteiger partial charge is 0.494 e. The van der Waals surface area contributed by atoms with Crippen LogP contribution in [0, 0.1) is 6.92 Å². The van der Waals surface area contributed by atoms with Crippen molar-refractivity contribution >= 4 is 11.6 Å².